The third kappa shape index (κ3) is 7.65. The average molecular weight is 355 g/mol. The molecule has 0 fully saturated rings. The van der Waals surface area contributed by atoms with Crippen molar-refractivity contribution in [3.63, 3.8) is 0 Å². The van der Waals surface area contributed by atoms with Crippen LogP contribution in [0, 0.1) is 23.7 Å². The molecule has 0 saturated heterocycles. The smallest absolute Gasteiger partial charge is 0.140 e. The SMILES string of the molecule is CC(C)[NH+](CC#Cc1ccc(C#CC[NH+](C(C)C)C(C)C)cc1)C(C)C. The summed E-state index contributed by atoms with van der Waals surface area (Å²) in [6.07, 6.45) is 0. The lowest BCUT2D eigenvalue weighted by Gasteiger charge is -2.25. The normalized spacial score (nSPS) is 11.3. The van der Waals surface area contributed by atoms with Crippen LogP contribution >= 0.6 is 0 Å². The van der Waals surface area contributed by atoms with Crippen LogP contribution in [-0.2, 0) is 0 Å². The summed E-state index contributed by atoms with van der Waals surface area (Å²) in [4.78, 5) is 3.06. The second kappa shape index (κ2) is 11.1. The van der Waals surface area contributed by atoms with Gasteiger partial charge in [-0.25, -0.2) is 0 Å². The van der Waals surface area contributed by atoms with Gasteiger partial charge in [-0.15, -0.1) is 0 Å². The minimum atomic E-state index is 0.598. The number of rotatable bonds is 6. The molecule has 0 aliphatic heterocycles. The largest absolute Gasteiger partial charge is 0.321 e. The molecule has 0 aromatic heterocycles. The molecule has 0 saturated carbocycles. The lowest BCUT2D eigenvalue weighted by molar-refractivity contribution is -0.935. The Kier molecular flexibility index (Phi) is 9.50. The van der Waals surface area contributed by atoms with E-state index in [1.54, 1.807) is 0 Å². The first-order valence-corrected chi connectivity index (χ1v) is 10.0. The zero-order chi connectivity index (χ0) is 19.7. The van der Waals surface area contributed by atoms with Crippen molar-refractivity contribution in [2.75, 3.05) is 13.1 Å². The Bertz CT molecular complexity index is 570. The van der Waals surface area contributed by atoms with E-state index in [2.05, 4.69) is 103 Å². The minimum absolute atomic E-state index is 0.598. The summed E-state index contributed by atoms with van der Waals surface area (Å²) in [5.41, 5.74) is 2.14. The van der Waals surface area contributed by atoms with Crippen LogP contribution in [0.2, 0.25) is 0 Å². The van der Waals surface area contributed by atoms with Crippen LogP contribution in [0.15, 0.2) is 24.3 Å². The van der Waals surface area contributed by atoms with Crippen molar-refractivity contribution < 1.29 is 9.80 Å². The van der Waals surface area contributed by atoms with E-state index in [1.165, 1.54) is 9.80 Å². The Morgan fingerprint density at radius 2 is 0.846 bits per heavy atom. The third-order valence-electron chi connectivity index (χ3n) is 4.90. The Labute approximate surface area is 162 Å². The molecule has 0 unspecified atom stereocenters. The molecule has 26 heavy (non-hydrogen) atoms. The Morgan fingerprint density at radius 1 is 0.577 bits per heavy atom. The lowest BCUT2D eigenvalue weighted by atomic mass is 10.1. The van der Waals surface area contributed by atoms with E-state index in [0.29, 0.717) is 24.2 Å². The standard InChI is InChI=1S/C24H36N2/c1-19(2)25(20(3)4)17-9-11-23-13-15-24(16-14-23)12-10-18-26(21(5)6)22(7)8/h13-16,19-22H,17-18H2,1-8H3/p+2. The lowest BCUT2D eigenvalue weighted by Crippen LogP contribution is -3.17. The molecule has 0 amide bonds. The average Bonchev–Trinajstić information content (AvgIpc) is 2.55. The van der Waals surface area contributed by atoms with Gasteiger partial charge in [-0.05, 0) is 91.5 Å². The predicted octanol–water partition coefficient (Wildman–Crippen LogP) is 1.79. The Morgan fingerprint density at radius 3 is 1.08 bits per heavy atom. The van der Waals surface area contributed by atoms with Crippen LogP contribution in [0.1, 0.15) is 66.5 Å². The Balaban J connectivity index is 2.68. The molecule has 2 N–H and O–H groups in total. The monoisotopic (exact) mass is 354 g/mol. The highest BCUT2D eigenvalue weighted by Gasteiger charge is 2.15. The fourth-order valence-corrected chi connectivity index (χ4v) is 3.28. The molecule has 0 radical (unpaired) electrons. The van der Waals surface area contributed by atoms with Crippen LogP contribution in [-0.4, -0.2) is 37.3 Å². The van der Waals surface area contributed by atoms with E-state index in [4.69, 9.17) is 0 Å². The van der Waals surface area contributed by atoms with Crippen LogP contribution < -0.4 is 9.80 Å². The number of benzene rings is 1. The second-order valence-corrected chi connectivity index (χ2v) is 8.30. The van der Waals surface area contributed by atoms with Crippen molar-refractivity contribution in [1.82, 2.24) is 0 Å². The van der Waals surface area contributed by atoms with E-state index in [-0.39, 0.29) is 0 Å². The summed E-state index contributed by atoms with van der Waals surface area (Å²) in [6.45, 7) is 19.8. The highest BCUT2D eigenvalue weighted by Crippen LogP contribution is 2.01. The molecule has 2 heteroatoms. The number of nitrogens with one attached hydrogen (secondary N) is 2. The van der Waals surface area contributed by atoms with Crippen molar-refractivity contribution in [3.05, 3.63) is 35.4 Å². The number of hydrogen-bond donors (Lipinski definition) is 2. The summed E-state index contributed by atoms with van der Waals surface area (Å²) in [6, 6.07) is 10.7. The minimum Gasteiger partial charge on any atom is -0.321 e. The number of hydrogen-bond acceptors (Lipinski definition) is 0. The molecule has 2 nitrogen and oxygen atoms in total. The first-order chi connectivity index (χ1) is 12.2. The fourth-order valence-electron chi connectivity index (χ4n) is 3.28. The maximum Gasteiger partial charge on any atom is 0.140 e. The van der Waals surface area contributed by atoms with Crippen LogP contribution in [0.4, 0.5) is 0 Å². The van der Waals surface area contributed by atoms with Crippen molar-refractivity contribution in [2.24, 2.45) is 0 Å². The third-order valence-corrected chi connectivity index (χ3v) is 4.90. The van der Waals surface area contributed by atoms with Gasteiger partial charge in [-0.3, -0.25) is 0 Å². The summed E-state index contributed by atoms with van der Waals surface area (Å²) in [7, 11) is 0. The van der Waals surface area contributed by atoms with E-state index >= 15 is 0 Å². The van der Waals surface area contributed by atoms with Crippen LogP contribution in [0.3, 0.4) is 0 Å². The molecule has 1 aromatic carbocycles. The van der Waals surface area contributed by atoms with Gasteiger partial charge in [0, 0.05) is 11.1 Å². The van der Waals surface area contributed by atoms with Gasteiger partial charge in [0.15, 0.2) is 0 Å². The van der Waals surface area contributed by atoms with Crippen LogP contribution in [0.5, 0.6) is 0 Å². The molecule has 1 rings (SSSR count). The van der Waals surface area contributed by atoms with Gasteiger partial charge in [-0.2, -0.15) is 0 Å². The zero-order valence-electron chi connectivity index (χ0n) is 18.0. The molecule has 0 aliphatic rings. The molecule has 0 aliphatic carbocycles. The summed E-state index contributed by atoms with van der Waals surface area (Å²) in [5, 5.41) is 0. The van der Waals surface area contributed by atoms with Gasteiger partial charge >= 0.3 is 0 Å². The molecule has 0 spiro atoms. The maximum absolute atomic E-state index is 3.34. The molecule has 0 heterocycles. The van der Waals surface area contributed by atoms with Gasteiger partial charge < -0.3 is 9.80 Å². The van der Waals surface area contributed by atoms with Crippen LogP contribution in [0.25, 0.3) is 0 Å². The van der Waals surface area contributed by atoms with Gasteiger partial charge in [0.2, 0.25) is 0 Å². The van der Waals surface area contributed by atoms with Crippen molar-refractivity contribution in [2.45, 2.75) is 79.6 Å². The van der Waals surface area contributed by atoms with E-state index in [0.717, 1.165) is 24.2 Å². The van der Waals surface area contributed by atoms with Gasteiger partial charge in [0.05, 0.1) is 24.2 Å². The maximum atomic E-state index is 3.34. The summed E-state index contributed by atoms with van der Waals surface area (Å²) in [5.74, 6) is 13.3. The molecule has 0 bridgehead atoms. The quantitative estimate of drug-likeness (QED) is 0.721. The summed E-state index contributed by atoms with van der Waals surface area (Å²) < 4.78 is 0. The first-order valence-electron chi connectivity index (χ1n) is 10.0. The molecule has 0 atom stereocenters. The van der Waals surface area contributed by atoms with Gasteiger partial charge in [0.1, 0.15) is 13.1 Å². The van der Waals surface area contributed by atoms with Gasteiger partial charge in [-0.1, -0.05) is 11.8 Å². The molecular formula is C24H38N2+2. The predicted molar refractivity (Wildman–Crippen MR) is 112 cm³/mol. The van der Waals surface area contributed by atoms with Crippen molar-refractivity contribution in [1.29, 1.82) is 0 Å². The van der Waals surface area contributed by atoms with E-state index in [9.17, 15) is 0 Å². The fraction of sp³-hybridized carbons (Fsp3) is 0.583. The van der Waals surface area contributed by atoms with Crippen molar-refractivity contribution in [3.8, 4) is 23.7 Å². The molecule has 142 valence electrons. The highest BCUT2D eigenvalue weighted by atomic mass is 15.2. The van der Waals surface area contributed by atoms with Gasteiger partial charge in [0.25, 0.3) is 0 Å². The second-order valence-electron chi connectivity index (χ2n) is 8.30. The zero-order valence-corrected chi connectivity index (χ0v) is 18.0. The Hall–Kier alpha value is -1.74. The first kappa shape index (κ1) is 22.3. The van der Waals surface area contributed by atoms with E-state index in [1.807, 2.05) is 0 Å². The van der Waals surface area contributed by atoms with Crippen molar-refractivity contribution >= 4 is 0 Å². The topological polar surface area (TPSA) is 8.88 Å². The highest BCUT2D eigenvalue weighted by molar-refractivity contribution is 5.41. The number of quaternary nitrogens is 2. The molecule has 1 aromatic rings. The van der Waals surface area contributed by atoms with E-state index < -0.39 is 0 Å². The molecular weight excluding hydrogens is 316 g/mol. The summed E-state index contributed by atoms with van der Waals surface area (Å²) >= 11 is 0.